The van der Waals surface area contributed by atoms with Crippen LogP contribution in [0.5, 0.6) is 5.75 Å². The van der Waals surface area contributed by atoms with Crippen LogP contribution >= 0.6 is 11.6 Å². The van der Waals surface area contributed by atoms with Gasteiger partial charge in [0.2, 0.25) is 11.8 Å². The average Bonchev–Trinajstić information content (AvgIpc) is 3.03. The number of sulfonamides is 1. The Morgan fingerprint density at radius 2 is 1.54 bits per heavy atom. The second-order valence-electron chi connectivity index (χ2n) is 11.5. The monoisotopic (exact) mass is 661 g/mol. The highest BCUT2D eigenvalue weighted by Crippen LogP contribution is 2.29. The largest absolute Gasteiger partial charge is 0.497 e. The smallest absolute Gasteiger partial charge is 0.264 e. The molecule has 0 aliphatic carbocycles. The Kier molecular flexibility index (Phi) is 11.5. The maximum absolute atomic E-state index is 14.6. The molecular formula is C36H40ClN3O5S. The molecule has 0 radical (unpaired) electrons. The lowest BCUT2D eigenvalue weighted by atomic mass is 10.0. The van der Waals surface area contributed by atoms with E-state index in [1.165, 1.54) is 23.1 Å². The van der Waals surface area contributed by atoms with Crippen LogP contribution in [0.3, 0.4) is 0 Å². The van der Waals surface area contributed by atoms with Crippen LogP contribution in [0.2, 0.25) is 5.02 Å². The normalized spacial score (nSPS) is 12.0. The maximum atomic E-state index is 14.6. The molecule has 0 saturated carbocycles. The van der Waals surface area contributed by atoms with Crippen LogP contribution in [0.15, 0.2) is 102 Å². The van der Waals surface area contributed by atoms with Crippen molar-refractivity contribution in [1.29, 1.82) is 0 Å². The summed E-state index contributed by atoms with van der Waals surface area (Å²) in [4.78, 5) is 29.9. The van der Waals surface area contributed by atoms with Crippen LogP contribution in [0.4, 0.5) is 5.69 Å². The molecule has 4 rings (SSSR count). The van der Waals surface area contributed by atoms with Gasteiger partial charge < -0.3 is 15.0 Å². The van der Waals surface area contributed by atoms with Gasteiger partial charge in [-0.25, -0.2) is 8.42 Å². The van der Waals surface area contributed by atoms with Crippen LogP contribution in [0.1, 0.15) is 36.1 Å². The lowest BCUT2D eigenvalue weighted by Crippen LogP contribution is -2.54. The minimum Gasteiger partial charge on any atom is -0.497 e. The summed E-state index contributed by atoms with van der Waals surface area (Å²) in [5, 5.41) is 3.32. The highest BCUT2D eigenvalue weighted by molar-refractivity contribution is 7.92. The van der Waals surface area contributed by atoms with Crippen molar-refractivity contribution >= 4 is 39.1 Å². The van der Waals surface area contributed by atoms with Crippen molar-refractivity contribution in [3.63, 3.8) is 0 Å². The first-order valence-electron chi connectivity index (χ1n) is 15.0. The third-order valence-electron chi connectivity index (χ3n) is 7.52. The molecule has 8 nitrogen and oxygen atoms in total. The highest BCUT2D eigenvalue weighted by atomic mass is 35.5. The van der Waals surface area contributed by atoms with Crippen molar-refractivity contribution in [1.82, 2.24) is 10.2 Å². The van der Waals surface area contributed by atoms with E-state index >= 15 is 0 Å². The van der Waals surface area contributed by atoms with Crippen molar-refractivity contribution in [2.24, 2.45) is 0 Å². The average molecular weight is 662 g/mol. The molecule has 0 aliphatic rings. The second-order valence-corrected chi connectivity index (χ2v) is 13.8. The minimum atomic E-state index is -4.23. The fourth-order valence-electron chi connectivity index (χ4n) is 5.01. The number of carbonyl (C=O) groups is 2. The van der Waals surface area contributed by atoms with E-state index in [4.69, 9.17) is 16.3 Å². The molecule has 0 spiro atoms. The molecule has 1 N–H and O–H groups in total. The van der Waals surface area contributed by atoms with E-state index in [1.807, 2.05) is 64.1 Å². The highest BCUT2D eigenvalue weighted by Gasteiger charge is 2.35. The molecule has 242 valence electrons. The minimum absolute atomic E-state index is 0.0281. The van der Waals surface area contributed by atoms with Crippen LogP contribution in [-0.4, -0.2) is 50.9 Å². The molecule has 0 aliphatic heterocycles. The number of aryl methyl sites for hydroxylation is 2. The first-order chi connectivity index (χ1) is 21.9. The molecule has 4 aromatic rings. The van der Waals surface area contributed by atoms with E-state index in [-0.39, 0.29) is 35.5 Å². The summed E-state index contributed by atoms with van der Waals surface area (Å²) in [5.41, 5.74) is 3.46. The molecule has 0 saturated heterocycles. The van der Waals surface area contributed by atoms with Gasteiger partial charge in [0.15, 0.2) is 0 Å². The Balaban J connectivity index is 1.83. The first-order valence-corrected chi connectivity index (χ1v) is 16.8. The lowest BCUT2D eigenvalue weighted by molar-refractivity contribution is -0.140. The molecule has 0 heterocycles. The van der Waals surface area contributed by atoms with Gasteiger partial charge in [-0.15, -0.1) is 0 Å². The summed E-state index contributed by atoms with van der Waals surface area (Å²) >= 11 is 6.46. The van der Waals surface area contributed by atoms with Crippen LogP contribution in [0, 0.1) is 13.8 Å². The summed E-state index contributed by atoms with van der Waals surface area (Å²) < 4.78 is 34.9. The van der Waals surface area contributed by atoms with E-state index in [9.17, 15) is 18.0 Å². The van der Waals surface area contributed by atoms with Gasteiger partial charge in [0, 0.05) is 24.0 Å². The Morgan fingerprint density at radius 3 is 2.17 bits per heavy atom. The van der Waals surface area contributed by atoms with Gasteiger partial charge in [0.25, 0.3) is 10.0 Å². The van der Waals surface area contributed by atoms with E-state index in [1.54, 1.807) is 49.6 Å². The van der Waals surface area contributed by atoms with Crippen molar-refractivity contribution in [2.75, 3.05) is 18.0 Å². The van der Waals surface area contributed by atoms with Crippen molar-refractivity contribution in [3.05, 3.63) is 124 Å². The fourth-order valence-corrected chi connectivity index (χ4v) is 6.59. The van der Waals surface area contributed by atoms with Crippen LogP contribution < -0.4 is 14.4 Å². The van der Waals surface area contributed by atoms with Crippen LogP contribution in [-0.2, 0) is 32.6 Å². The van der Waals surface area contributed by atoms with Gasteiger partial charge in [-0.2, -0.15) is 0 Å². The Hall–Kier alpha value is -4.34. The summed E-state index contributed by atoms with van der Waals surface area (Å²) in [6.07, 6.45) is 0.218. The van der Waals surface area contributed by atoms with Gasteiger partial charge in [-0.1, -0.05) is 77.8 Å². The van der Waals surface area contributed by atoms with E-state index in [2.05, 4.69) is 5.32 Å². The topological polar surface area (TPSA) is 96.0 Å². The standard InChI is InChI=1S/C36H40ClN3O5S/c1-25(2)38-36(42)34(21-28-10-7-6-8-11-28)39(23-29-12-9-13-31(20-29)45-5)35(41)24-40(30-17-16-27(4)33(37)22-30)46(43,44)32-18-14-26(3)15-19-32/h6-20,22,25,34H,21,23-24H2,1-5H3,(H,38,42). The van der Waals surface area contributed by atoms with Gasteiger partial charge in [0.05, 0.1) is 17.7 Å². The molecule has 1 unspecified atom stereocenters. The fraction of sp³-hybridized carbons (Fsp3) is 0.278. The summed E-state index contributed by atoms with van der Waals surface area (Å²) in [5.74, 6) is -0.314. The van der Waals surface area contributed by atoms with Gasteiger partial charge >= 0.3 is 0 Å². The van der Waals surface area contributed by atoms with Crippen LogP contribution in [0.25, 0.3) is 0 Å². The Labute approximate surface area is 277 Å². The summed E-state index contributed by atoms with van der Waals surface area (Å²) in [6.45, 7) is 6.84. The number of hydrogen-bond donors (Lipinski definition) is 1. The third kappa shape index (κ3) is 8.68. The zero-order valence-corrected chi connectivity index (χ0v) is 28.3. The quantitative estimate of drug-likeness (QED) is 0.181. The number of rotatable bonds is 13. The summed E-state index contributed by atoms with van der Waals surface area (Å²) in [7, 11) is -2.68. The summed E-state index contributed by atoms with van der Waals surface area (Å²) in [6, 6.07) is 26.8. The van der Waals surface area contributed by atoms with Crippen molar-refractivity contribution < 1.29 is 22.7 Å². The number of amides is 2. The SMILES string of the molecule is COc1cccc(CN(C(=O)CN(c2ccc(C)c(Cl)c2)S(=O)(=O)c2ccc(C)cc2)C(Cc2ccccc2)C(=O)NC(C)C)c1. The number of benzene rings is 4. The number of nitrogens with one attached hydrogen (secondary N) is 1. The lowest BCUT2D eigenvalue weighted by Gasteiger charge is -2.34. The third-order valence-corrected chi connectivity index (χ3v) is 9.72. The molecule has 10 heteroatoms. The van der Waals surface area contributed by atoms with E-state index < -0.39 is 28.5 Å². The first kappa shape index (κ1) is 34.5. The number of carbonyl (C=O) groups excluding carboxylic acids is 2. The van der Waals surface area contributed by atoms with Crippen molar-refractivity contribution in [3.8, 4) is 5.75 Å². The number of anilines is 1. The van der Waals surface area contributed by atoms with Gasteiger partial charge in [0.1, 0.15) is 18.3 Å². The van der Waals surface area contributed by atoms with Gasteiger partial charge in [-0.05, 0) is 80.8 Å². The van der Waals surface area contributed by atoms with Crippen molar-refractivity contribution in [2.45, 2.75) is 57.6 Å². The number of nitrogens with zero attached hydrogens (tertiary/aromatic N) is 2. The Bertz CT molecular complexity index is 1760. The number of hydrogen-bond acceptors (Lipinski definition) is 5. The predicted molar refractivity (Wildman–Crippen MR) is 183 cm³/mol. The van der Waals surface area contributed by atoms with E-state index in [0.717, 1.165) is 26.6 Å². The maximum Gasteiger partial charge on any atom is 0.264 e. The Morgan fingerprint density at radius 1 is 0.870 bits per heavy atom. The molecule has 2 amide bonds. The molecule has 1 atom stereocenters. The molecular weight excluding hydrogens is 622 g/mol. The number of ether oxygens (including phenoxy) is 1. The number of methoxy groups -OCH3 is 1. The molecule has 46 heavy (non-hydrogen) atoms. The van der Waals surface area contributed by atoms with E-state index in [0.29, 0.717) is 10.8 Å². The molecule has 0 fully saturated rings. The molecule has 0 bridgehead atoms. The second kappa shape index (κ2) is 15.3. The molecule has 0 aromatic heterocycles. The zero-order chi connectivity index (χ0) is 33.4. The molecule has 4 aromatic carbocycles. The predicted octanol–water partition coefficient (Wildman–Crippen LogP) is 6.33. The number of halogens is 1. The zero-order valence-electron chi connectivity index (χ0n) is 26.7. The van der Waals surface area contributed by atoms with Gasteiger partial charge in [-0.3, -0.25) is 13.9 Å².